The van der Waals surface area contributed by atoms with Crippen LogP contribution in [0.4, 0.5) is 0 Å². The summed E-state index contributed by atoms with van der Waals surface area (Å²) in [6.45, 7) is 6.35. The second-order valence-electron chi connectivity index (χ2n) is 5.90. The molecule has 0 atom stereocenters. The van der Waals surface area contributed by atoms with Crippen molar-refractivity contribution in [3.8, 4) is 0 Å². The molecular formula is C15H28O2. The topological polar surface area (TPSA) is 18.5 Å². The number of hydrogen-bond donors (Lipinski definition) is 0. The van der Waals surface area contributed by atoms with Gasteiger partial charge in [-0.2, -0.15) is 0 Å². The fourth-order valence-electron chi connectivity index (χ4n) is 3.10. The van der Waals surface area contributed by atoms with E-state index >= 15 is 0 Å². The summed E-state index contributed by atoms with van der Waals surface area (Å²) >= 11 is 0. The molecule has 1 saturated heterocycles. The second kappa shape index (κ2) is 6.75. The van der Waals surface area contributed by atoms with Crippen molar-refractivity contribution in [3.63, 3.8) is 0 Å². The van der Waals surface area contributed by atoms with Gasteiger partial charge in [0.2, 0.25) is 0 Å². The van der Waals surface area contributed by atoms with Gasteiger partial charge in [0.25, 0.3) is 0 Å². The van der Waals surface area contributed by atoms with E-state index in [4.69, 9.17) is 9.47 Å². The third-order valence-electron chi connectivity index (χ3n) is 4.68. The fraction of sp³-hybridized carbons (Fsp3) is 1.00. The summed E-state index contributed by atoms with van der Waals surface area (Å²) in [5.74, 6) is 2.46. The molecule has 2 rings (SSSR count). The van der Waals surface area contributed by atoms with Gasteiger partial charge in [0.05, 0.1) is 13.2 Å². The Morgan fingerprint density at radius 2 is 1.29 bits per heavy atom. The molecule has 0 aromatic rings. The SMILES string of the molecule is CCC1CCC(CC2OCC(CC)CO2)CC1. The average Bonchev–Trinajstić information content (AvgIpc) is 2.40. The maximum Gasteiger partial charge on any atom is 0.157 e. The predicted octanol–water partition coefficient (Wildman–Crippen LogP) is 3.99. The van der Waals surface area contributed by atoms with Crippen LogP contribution in [-0.4, -0.2) is 19.5 Å². The Morgan fingerprint density at radius 1 is 0.765 bits per heavy atom. The molecule has 0 amide bonds. The molecule has 17 heavy (non-hydrogen) atoms. The van der Waals surface area contributed by atoms with Gasteiger partial charge >= 0.3 is 0 Å². The van der Waals surface area contributed by atoms with E-state index in [1.807, 2.05) is 0 Å². The Labute approximate surface area is 106 Å². The summed E-state index contributed by atoms with van der Waals surface area (Å²) in [7, 11) is 0. The van der Waals surface area contributed by atoms with E-state index in [1.54, 1.807) is 0 Å². The van der Waals surface area contributed by atoms with Crippen LogP contribution in [0.2, 0.25) is 0 Å². The normalized spacial score (nSPS) is 39.2. The highest BCUT2D eigenvalue weighted by molar-refractivity contribution is 4.74. The van der Waals surface area contributed by atoms with E-state index < -0.39 is 0 Å². The first-order chi connectivity index (χ1) is 8.31. The molecule has 1 heterocycles. The molecule has 1 aliphatic carbocycles. The minimum absolute atomic E-state index is 0.0981. The molecule has 0 radical (unpaired) electrons. The summed E-state index contributed by atoms with van der Waals surface area (Å²) in [5, 5.41) is 0. The molecule has 0 N–H and O–H groups in total. The van der Waals surface area contributed by atoms with Gasteiger partial charge in [-0.15, -0.1) is 0 Å². The van der Waals surface area contributed by atoms with E-state index in [9.17, 15) is 0 Å². The van der Waals surface area contributed by atoms with E-state index in [-0.39, 0.29) is 6.29 Å². The molecular weight excluding hydrogens is 212 g/mol. The van der Waals surface area contributed by atoms with Crippen LogP contribution < -0.4 is 0 Å². The van der Waals surface area contributed by atoms with Crippen molar-refractivity contribution >= 4 is 0 Å². The van der Waals surface area contributed by atoms with Gasteiger partial charge in [0.15, 0.2) is 6.29 Å². The van der Waals surface area contributed by atoms with Gasteiger partial charge in [-0.3, -0.25) is 0 Å². The molecule has 0 unspecified atom stereocenters. The lowest BCUT2D eigenvalue weighted by Crippen LogP contribution is -2.33. The molecule has 1 saturated carbocycles. The van der Waals surface area contributed by atoms with Crippen molar-refractivity contribution in [1.82, 2.24) is 0 Å². The van der Waals surface area contributed by atoms with E-state index in [2.05, 4.69) is 13.8 Å². The largest absolute Gasteiger partial charge is 0.352 e. The first kappa shape index (κ1) is 13.4. The van der Waals surface area contributed by atoms with Gasteiger partial charge in [-0.1, -0.05) is 33.1 Å². The highest BCUT2D eigenvalue weighted by atomic mass is 16.7. The van der Waals surface area contributed by atoms with Crippen LogP contribution in [0.5, 0.6) is 0 Å². The van der Waals surface area contributed by atoms with Crippen LogP contribution in [0.1, 0.15) is 58.8 Å². The van der Waals surface area contributed by atoms with Crippen molar-refractivity contribution in [2.24, 2.45) is 17.8 Å². The monoisotopic (exact) mass is 240 g/mol. The molecule has 2 fully saturated rings. The summed E-state index contributed by atoms with van der Waals surface area (Å²) in [4.78, 5) is 0. The van der Waals surface area contributed by atoms with Crippen molar-refractivity contribution in [1.29, 1.82) is 0 Å². The lowest BCUT2D eigenvalue weighted by atomic mass is 9.79. The molecule has 100 valence electrons. The fourth-order valence-corrected chi connectivity index (χ4v) is 3.10. The molecule has 0 aromatic heterocycles. The smallest absolute Gasteiger partial charge is 0.157 e. The zero-order valence-electron chi connectivity index (χ0n) is 11.5. The molecule has 0 bridgehead atoms. The zero-order chi connectivity index (χ0) is 12.1. The van der Waals surface area contributed by atoms with E-state index in [0.29, 0.717) is 5.92 Å². The number of hydrogen-bond acceptors (Lipinski definition) is 2. The van der Waals surface area contributed by atoms with Gasteiger partial charge in [0, 0.05) is 12.3 Å². The van der Waals surface area contributed by atoms with Crippen LogP contribution in [0.3, 0.4) is 0 Å². The summed E-state index contributed by atoms with van der Waals surface area (Å²) in [6, 6.07) is 0. The minimum Gasteiger partial charge on any atom is -0.352 e. The first-order valence-corrected chi connectivity index (χ1v) is 7.55. The maximum atomic E-state index is 5.82. The molecule has 0 aromatic carbocycles. The summed E-state index contributed by atoms with van der Waals surface area (Å²) in [5.41, 5.74) is 0. The van der Waals surface area contributed by atoms with Gasteiger partial charge in [0.1, 0.15) is 0 Å². The second-order valence-corrected chi connectivity index (χ2v) is 5.90. The quantitative estimate of drug-likeness (QED) is 0.739. The highest BCUT2D eigenvalue weighted by Crippen LogP contribution is 2.34. The predicted molar refractivity (Wildman–Crippen MR) is 69.8 cm³/mol. The van der Waals surface area contributed by atoms with Gasteiger partial charge < -0.3 is 9.47 Å². The number of rotatable bonds is 4. The van der Waals surface area contributed by atoms with Crippen molar-refractivity contribution in [3.05, 3.63) is 0 Å². The zero-order valence-corrected chi connectivity index (χ0v) is 11.5. The Bertz CT molecular complexity index is 179. The van der Waals surface area contributed by atoms with Crippen molar-refractivity contribution in [2.75, 3.05) is 13.2 Å². The van der Waals surface area contributed by atoms with E-state index in [1.165, 1.54) is 38.5 Å². The Balaban J connectivity index is 1.65. The van der Waals surface area contributed by atoms with Crippen LogP contribution in [0.25, 0.3) is 0 Å². The summed E-state index contributed by atoms with van der Waals surface area (Å²) in [6.07, 6.45) is 9.39. The van der Waals surface area contributed by atoms with Crippen molar-refractivity contribution < 1.29 is 9.47 Å². The third kappa shape index (κ3) is 3.96. The molecule has 1 aliphatic heterocycles. The number of ether oxygens (including phenoxy) is 2. The maximum absolute atomic E-state index is 5.82. The standard InChI is InChI=1S/C15H28O2/c1-3-12-5-7-14(8-6-12)9-15-16-10-13(4-2)11-17-15/h12-15H,3-11H2,1-2H3. The van der Waals surface area contributed by atoms with Crippen LogP contribution in [-0.2, 0) is 9.47 Å². The molecule has 2 heteroatoms. The van der Waals surface area contributed by atoms with E-state index in [0.717, 1.165) is 31.5 Å². The molecule has 2 aliphatic rings. The summed E-state index contributed by atoms with van der Waals surface area (Å²) < 4.78 is 11.6. The lowest BCUT2D eigenvalue weighted by Gasteiger charge is -2.33. The average molecular weight is 240 g/mol. The highest BCUT2D eigenvalue weighted by Gasteiger charge is 2.26. The van der Waals surface area contributed by atoms with Crippen molar-refractivity contribution in [2.45, 2.75) is 65.1 Å². The molecule has 2 nitrogen and oxygen atoms in total. The van der Waals surface area contributed by atoms with Gasteiger partial charge in [-0.05, 0) is 31.1 Å². The lowest BCUT2D eigenvalue weighted by molar-refractivity contribution is -0.209. The van der Waals surface area contributed by atoms with Crippen LogP contribution >= 0.6 is 0 Å². The Morgan fingerprint density at radius 3 is 1.82 bits per heavy atom. The van der Waals surface area contributed by atoms with Crippen LogP contribution in [0.15, 0.2) is 0 Å². The van der Waals surface area contributed by atoms with Crippen LogP contribution in [0, 0.1) is 17.8 Å². The molecule has 0 spiro atoms. The first-order valence-electron chi connectivity index (χ1n) is 7.55. The Hall–Kier alpha value is -0.0800. The third-order valence-corrected chi connectivity index (χ3v) is 4.68. The Kier molecular flexibility index (Phi) is 5.30. The minimum atomic E-state index is 0.0981. The van der Waals surface area contributed by atoms with Gasteiger partial charge in [-0.25, -0.2) is 0 Å².